The summed E-state index contributed by atoms with van der Waals surface area (Å²) < 4.78 is 12.9. The van der Waals surface area contributed by atoms with E-state index in [-0.39, 0.29) is 5.95 Å². The number of nitrogen functional groups attached to an aromatic ring is 1. The quantitative estimate of drug-likeness (QED) is 0.808. The number of anilines is 1. The first-order chi connectivity index (χ1) is 8.13. The van der Waals surface area contributed by atoms with Crippen LogP contribution in [-0.2, 0) is 9.47 Å². The summed E-state index contributed by atoms with van der Waals surface area (Å²) in [5.41, 5.74) is 5.71. The fraction of sp³-hybridized carbons (Fsp3) is 0.600. The van der Waals surface area contributed by atoms with Gasteiger partial charge in [-0.3, -0.25) is 4.57 Å². The molecule has 0 aliphatic carbocycles. The van der Waals surface area contributed by atoms with Crippen molar-refractivity contribution in [1.29, 1.82) is 5.26 Å². The highest BCUT2D eigenvalue weighted by molar-refractivity contribution is 9.10. The van der Waals surface area contributed by atoms with Gasteiger partial charge in [-0.2, -0.15) is 5.26 Å². The molecule has 1 heterocycles. The second kappa shape index (κ2) is 6.59. The van der Waals surface area contributed by atoms with E-state index >= 15 is 0 Å². The van der Waals surface area contributed by atoms with Crippen molar-refractivity contribution in [2.45, 2.75) is 26.2 Å². The van der Waals surface area contributed by atoms with Crippen molar-refractivity contribution < 1.29 is 9.47 Å². The SMILES string of the molecule is CCOC(OCC)[C@H](C#N)n1cc(Br)nc1N. The Morgan fingerprint density at radius 3 is 2.47 bits per heavy atom. The normalized spacial score (nSPS) is 12.6. The zero-order valence-corrected chi connectivity index (χ0v) is 11.3. The minimum atomic E-state index is -0.659. The molecule has 0 radical (unpaired) electrons. The molecule has 0 spiro atoms. The lowest BCUT2D eigenvalue weighted by Gasteiger charge is -2.22. The summed E-state index contributed by atoms with van der Waals surface area (Å²) in [4.78, 5) is 3.98. The fourth-order valence-corrected chi connectivity index (χ4v) is 1.82. The van der Waals surface area contributed by atoms with Crippen LogP contribution in [0, 0.1) is 11.3 Å². The Morgan fingerprint density at radius 2 is 2.12 bits per heavy atom. The monoisotopic (exact) mass is 302 g/mol. The number of nitrogens with two attached hydrogens (primary N) is 1. The number of imidazole rings is 1. The molecule has 17 heavy (non-hydrogen) atoms. The highest BCUT2D eigenvalue weighted by Crippen LogP contribution is 2.22. The molecule has 0 aliphatic rings. The van der Waals surface area contributed by atoms with Crippen LogP contribution in [0.15, 0.2) is 10.8 Å². The first kappa shape index (κ1) is 14.0. The van der Waals surface area contributed by atoms with E-state index in [1.165, 1.54) is 4.57 Å². The summed E-state index contributed by atoms with van der Waals surface area (Å²) in [6.45, 7) is 4.60. The molecular formula is C10H15BrN4O2. The molecule has 0 saturated carbocycles. The van der Waals surface area contributed by atoms with Crippen LogP contribution < -0.4 is 5.73 Å². The van der Waals surface area contributed by atoms with Crippen LogP contribution in [0.3, 0.4) is 0 Å². The summed E-state index contributed by atoms with van der Waals surface area (Å²) in [5, 5.41) is 9.21. The Bertz CT molecular complexity index is 396. The summed E-state index contributed by atoms with van der Waals surface area (Å²) in [6, 6.07) is 1.46. The van der Waals surface area contributed by atoms with Gasteiger partial charge >= 0.3 is 0 Å². The number of ether oxygens (including phenoxy) is 2. The smallest absolute Gasteiger partial charge is 0.202 e. The van der Waals surface area contributed by atoms with Crippen molar-refractivity contribution in [2.75, 3.05) is 18.9 Å². The van der Waals surface area contributed by atoms with Crippen molar-refractivity contribution >= 4 is 21.9 Å². The highest BCUT2D eigenvalue weighted by atomic mass is 79.9. The van der Waals surface area contributed by atoms with Gasteiger partial charge < -0.3 is 15.2 Å². The van der Waals surface area contributed by atoms with Crippen LogP contribution in [0.25, 0.3) is 0 Å². The maximum absolute atomic E-state index is 9.21. The Labute approximate surface area is 108 Å². The van der Waals surface area contributed by atoms with Gasteiger partial charge in [0.15, 0.2) is 12.3 Å². The van der Waals surface area contributed by atoms with Gasteiger partial charge in [-0.15, -0.1) is 0 Å². The molecule has 0 aromatic carbocycles. The van der Waals surface area contributed by atoms with Gasteiger partial charge in [-0.1, -0.05) is 0 Å². The number of rotatable bonds is 6. The largest absolute Gasteiger partial charge is 0.369 e. The topological polar surface area (TPSA) is 86.1 Å². The Kier molecular flexibility index (Phi) is 5.41. The van der Waals surface area contributed by atoms with Crippen LogP contribution in [0.4, 0.5) is 5.95 Å². The second-order valence-corrected chi connectivity index (χ2v) is 3.99. The average molecular weight is 303 g/mol. The third-order valence-corrected chi connectivity index (χ3v) is 2.47. The number of hydrogen-bond acceptors (Lipinski definition) is 5. The van der Waals surface area contributed by atoms with E-state index in [9.17, 15) is 5.26 Å². The average Bonchev–Trinajstić information content (AvgIpc) is 2.60. The van der Waals surface area contributed by atoms with Crippen LogP contribution in [0.5, 0.6) is 0 Å². The molecule has 0 bridgehead atoms. The van der Waals surface area contributed by atoms with E-state index in [0.717, 1.165) is 0 Å². The molecule has 1 aromatic rings. The maximum atomic E-state index is 9.21. The first-order valence-electron chi connectivity index (χ1n) is 5.26. The van der Waals surface area contributed by atoms with Gasteiger partial charge in [0.05, 0.1) is 6.07 Å². The molecule has 0 saturated heterocycles. The van der Waals surface area contributed by atoms with Gasteiger partial charge in [-0.25, -0.2) is 4.98 Å². The zero-order valence-electron chi connectivity index (χ0n) is 9.76. The molecule has 1 rings (SSSR count). The zero-order chi connectivity index (χ0) is 12.8. The minimum absolute atomic E-state index is 0.243. The standard InChI is InChI=1S/C10H15BrN4O2/c1-3-16-9(17-4-2)7(5-12)15-6-8(11)14-10(15)13/h6-7,9H,3-4H2,1-2H3,(H2,13,14)/t7-/m0/s1. The molecular weight excluding hydrogens is 288 g/mol. The number of aromatic nitrogens is 2. The second-order valence-electron chi connectivity index (χ2n) is 3.18. The van der Waals surface area contributed by atoms with Gasteiger partial charge in [0.2, 0.25) is 5.95 Å². The summed E-state index contributed by atoms with van der Waals surface area (Å²) in [7, 11) is 0. The molecule has 0 aliphatic heterocycles. The van der Waals surface area contributed by atoms with Crippen LogP contribution in [0.1, 0.15) is 19.9 Å². The maximum Gasteiger partial charge on any atom is 0.202 e. The highest BCUT2D eigenvalue weighted by Gasteiger charge is 2.25. The lowest BCUT2D eigenvalue weighted by molar-refractivity contribution is -0.151. The van der Waals surface area contributed by atoms with Crippen LogP contribution in [0.2, 0.25) is 0 Å². The van der Waals surface area contributed by atoms with Gasteiger partial charge in [0.1, 0.15) is 4.60 Å². The number of hydrogen-bond donors (Lipinski definition) is 1. The summed E-state index contributed by atoms with van der Waals surface area (Å²) in [5.74, 6) is 0.243. The molecule has 94 valence electrons. The summed E-state index contributed by atoms with van der Waals surface area (Å²) in [6.07, 6.45) is 0.979. The molecule has 0 amide bonds. The third kappa shape index (κ3) is 3.43. The van der Waals surface area contributed by atoms with Crippen molar-refractivity contribution in [3.63, 3.8) is 0 Å². The molecule has 1 atom stereocenters. The molecule has 7 heteroatoms. The van der Waals surface area contributed by atoms with Gasteiger partial charge in [-0.05, 0) is 29.8 Å². The predicted octanol–water partition coefficient (Wildman–Crippen LogP) is 1.69. The Hall–Kier alpha value is -1.10. The van der Waals surface area contributed by atoms with Crippen LogP contribution >= 0.6 is 15.9 Å². The number of halogens is 1. The van der Waals surface area contributed by atoms with Gasteiger partial charge in [0.25, 0.3) is 0 Å². The van der Waals surface area contributed by atoms with E-state index in [1.54, 1.807) is 6.20 Å². The Morgan fingerprint density at radius 1 is 1.53 bits per heavy atom. The van der Waals surface area contributed by atoms with E-state index in [0.29, 0.717) is 17.8 Å². The molecule has 6 nitrogen and oxygen atoms in total. The van der Waals surface area contributed by atoms with E-state index in [4.69, 9.17) is 15.2 Å². The van der Waals surface area contributed by atoms with E-state index in [1.807, 2.05) is 13.8 Å². The molecule has 2 N–H and O–H groups in total. The minimum Gasteiger partial charge on any atom is -0.369 e. The van der Waals surface area contributed by atoms with Gasteiger partial charge in [0, 0.05) is 19.4 Å². The lowest BCUT2D eigenvalue weighted by Crippen LogP contribution is -2.29. The third-order valence-electron chi connectivity index (χ3n) is 2.08. The number of nitrogens with zero attached hydrogens (tertiary/aromatic N) is 3. The number of nitriles is 1. The Balaban J connectivity index is 2.96. The van der Waals surface area contributed by atoms with E-state index in [2.05, 4.69) is 27.0 Å². The molecule has 0 unspecified atom stereocenters. The van der Waals surface area contributed by atoms with Crippen molar-refractivity contribution in [3.05, 3.63) is 10.8 Å². The first-order valence-corrected chi connectivity index (χ1v) is 6.06. The molecule has 1 aromatic heterocycles. The fourth-order valence-electron chi connectivity index (χ4n) is 1.41. The summed E-state index contributed by atoms with van der Waals surface area (Å²) >= 11 is 3.20. The molecule has 0 fully saturated rings. The predicted molar refractivity (Wildman–Crippen MR) is 66.0 cm³/mol. The van der Waals surface area contributed by atoms with Crippen molar-refractivity contribution in [3.8, 4) is 6.07 Å². The lowest BCUT2D eigenvalue weighted by atomic mass is 10.3. The van der Waals surface area contributed by atoms with Crippen molar-refractivity contribution in [1.82, 2.24) is 9.55 Å². The van der Waals surface area contributed by atoms with E-state index < -0.39 is 12.3 Å². The van der Waals surface area contributed by atoms with Crippen LogP contribution in [-0.4, -0.2) is 29.1 Å². The van der Waals surface area contributed by atoms with Crippen molar-refractivity contribution in [2.24, 2.45) is 0 Å².